The number of fused-ring (bicyclic) bond motifs is 4. The zero-order valence-electron chi connectivity index (χ0n) is 21.8. The van der Waals surface area contributed by atoms with Crippen molar-refractivity contribution in [2.45, 2.75) is 26.3 Å². The number of pyridine rings is 1. The first kappa shape index (κ1) is 22.7. The fraction of sp³-hybridized carbons (Fsp3) is 0.414. The molecule has 2 saturated heterocycles. The van der Waals surface area contributed by atoms with Gasteiger partial charge >= 0.3 is 0 Å². The summed E-state index contributed by atoms with van der Waals surface area (Å²) in [6, 6.07) is 10.5. The predicted molar refractivity (Wildman–Crippen MR) is 148 cm³/mol. The monoisotopic (exact) mass is 495 g/mol. The molecule has 1 atom stereocenters. The summed E-state index contributed by atoms with van der Waals surface area (Å²) < 4.78 is 6.28. The number of likely N-dealkylation sites (tertiary alicyclic amines) is 2. The predicted octanol–water partition coefficient (Wildman–Crippen LogP) is 4.90. The van der Waals surface area contributed by atoms with Gasteiger partial charge in [-0.3, -0.25) is 4.90 Å². The number of nitrogens with zero attached hydrogens (tertiary/aromatic N) is 6. The molecule has 1 unspecified atom stereocenters. The van der Waals surface area contributed by atoms with E-state index in [1.54, 1.807) is 0 Å². The maximum atomic E-state index is 6.28. The molecule has 6 heterocycles. The van der Waals surface area contributed by atoms with Crippen molar-refractivity contribution in [1.29, 1.82) is 0 Å². The van der Waals surface area contributed by atoms with Crippen LogP contribution in [0.25, 0.3) is 44.5 Å². The molecular weight excluding hydrogens is 462 g/mol. The summed E-state index contributed by atoms with van der Waals surface area (Å²) in [7, 11) is 4.29. The second kappa shape index (κ2) is 8.53. The summed E-state index contributed by atoms with van der Waals surface area (Å²) in [4.78, 5) is 25.3. The number of hydrogen-bond donors (Lipinski definition) is 1. The van der Waals surface area contributed by atoms with Crippen LogP contribution in [0.15, 0.2) is 47.1 Å². The lowest BCUT2D eigenvalue weighted by Gasteiger charge is -2.23. The van der Waals surface area contributed by atoms with E-state index in [1.165, 1.54) is 38.0 Å². The Bertz CT molecular complexity index is 1620. The van der Waals surface area contributed by atoms with Gasteiger partial charge in [0.1, 0.15) is 5.52 Å². The van der Waals surface area contributed by atoms with Crippen LogP contribution in [0, 0.1) is 5.41 Å². The number of nitrogens with one attached hydrogen (secondary N) is 1. The van der Waals surface area contributed by atoms with Crippen LogP contribution in [-0.4, -0.2) is 76.6 Å². The molecule has 0 aliphatic carbocycles. The van der Waals surface area contributed by atoms with Crippen LogP contribution in [0.3, 0.4) is 0 Å². The highest BCUT2D eigenvalue weighted by Crippen LogP contribution is 2.40. The Morgan fingerprint density at radius 3 is 2.84 bits per heavy atom. The van der Waals surface area contributed by atoms with Crippen molar-refractivity contribution in [2.24, 2.45) is 5.41 Å². The van der Waals surface area contributed by atoms with Crippen LogP contribution < -0.4 is 4.90 Å². The molecule has 0 radical (unpaired) electrons. The second-order valence-electron chi connectivity index (χ2n) is 11.1. The number of aromatic nitrogens is 4. The van der Waals surface area contributed by atoms with Gasteiger partial charge in [0, 0.05) is 62.1 Å². The zero-order chi connectivity index (χ0) is 25.1. The van der Waals surface area contributed by atoms with Gasteiger partial charge in [-0.2, -0.15) is 0 Å². The van der Waals surface area contributed by atoms with E-state index < -0.39 is 0 Å². The van der Waals surface area contributed by atoms with E-state index in [9.17, 15) is 0 Å². The number of hydrogen-bond acceptors (Lipinski definition) is 7. The van der Waals surface area contributed by atoms with Crippen molar-refractivity contribution in [3.63, 3.8) is 0 Å². The smallest absolute Gasteiger partial charge is 0.229 e. The molecule has 0 amide bonds. The Labute approximate surface area is 216 Å². The Balaban J connectivity index is 1.31. The third-order valence-electron chi connectivity index (χ3n) is 8.43. The minimum absolute atomic E-state index is 0.468. The van der Waals surface area contributed by atoms with Gasteiger partial charge in [0.2, 0.25) is 5.71 Å². The van der Waals surface area contributed by atoms with Crippen molar-refractivity contribution in [2.75, 3.05) is 51.7 Å². The van der Waals surface area contributed by atoms with E-state index in [0.29, 0.717) is 22.5 Å². The van der Waals surface area contributed by atoms with Gasteiger partial charge in [0.25, 0.3) is 0 Å². The topological polar surface area (TPSA) is 77.3 Å². The lowest BCUT2D eigenvalue weighted by molar-refractivity contribution is 0.250. The van der Waals surface area contributed by atoms with E-state index in [0.717, 1.165) is 52.8 Å². The van der Waals surface area contributed by atoms with E-state index >= 15 is 0 Å². The lowest BCUT2D eigenvalue weighted by atomic mass is 9.86. The number of benzene rings is 1. The molecule has 0 bridgehead atoms. The SMILES string of the molecule is CCN(C)c1nc(-c2cccc3[nH]ccc23)nc2c1oc1ncc(CN3CCC4(CCN(C)C4)C3)cc12. The first-order valence-electron chi connectivity index (χ1n) is 13.3. The fourth-order valence-corrected chi connectivity index (χ4v) is 6.37. The summed E-state index contributed by atoms with van der Waals surface area (Å²) >= 11 is 0. The molecule has 1 aromatic carbocycles. The largest absolute Gasteiger partial charge is 0.432 e. The minimum atomic E-state index is 0.468. The lowest BCUT2D eigenvalue weighted by Crippen LogP contribution is -2.29. The molecule has 190 valence electrons. The normalized spacial score (nSPS) is 20.8. The molecule has 2 aliphatic heterocycles. The standard InChI is InChI=1S/C29H33N7O/c1-4-35(3)27-25-24(32-26(33-27)21-6-5-7-23-20(21)8-11-30-23)22-14-19(15-31-28(22)37-25)16-36-13-10-29(18-36)9-12-34(2)17-29/h5-8,11,14-15,30H,4,9-10,12-13,16-18H2,1-3H3. The Morgan fingerprint density at radius 1 is 1.11 bits per heavy atom. The molecule has 1 N–H and O–H groups in total. The van der Waals surface area contributed by atoms with Crippen LogP contribution >= 0.6 is 0 Å². The van der Waals surface area contributed by atoms with Gasteiger partial charge in [-0.25, -0.2) is 15.0 Å². The average molecular weight is 496 g/mol. The van der Waals surface area contributed by atoms with Gasteiger partial charge in [-0.05, 0) is 69.1 Å². The van der Waals surface area contributed by atoms with Crippen molar-refractivity contribution in [1.82, 2.24) is 29.7 Å². The van der Waals surface area contributed by atoms with E-state index in [2.05, 4.69) is 57.9 Å². The molecule has 1 spiro atoms. The molecule has 4 aromatic heterocycles. The quantitative estimate of drug-likeness (QED) is 0.371. The number of furan rings is 1. The van der Waals surface area contributed by atoms with Crippen LogP contribution in [0.2, 0.25) is 0 Å². The molecular formula is C29H33N7O. The summed E-state index contributed by atoms with van der Waals surface area (Å²) in [6.45, 7) is 8.58. The summed E-state index contributed by atoms with van der Waals surface area (Å²) in [5, 5.41) is 2.07. The number of H-pyrrole nitrogens is 1. The summed E-state index contributed by atoms with van der Waals surface area (Å²) in [5.74, 6) is 1.49. The van der Waals surface area contributed by atoms with Gasteiger partial charge in [0.05, 0.1) is 5.39 Å². The number of aromatic amines is 1. The Hall–Kier alpha value is -3.49. The maximum absolute atomic E-state index is 6.28. The van der Waals surface area contributed by atoms with Crippen LogP contribution in [0.5, 0.6) is 0 Å². The van der Waals surface area contributed by atoms with Crippen molar-refractivity contribution >= 4 is 38.9 Å². The van der Waals surface area contributed by atoms with Crippen LogP contribution in [-0.2, 0) is 6.54 Å². The Kier molecular flexibility index (Phi) is 5.23. The Morgan fingerprint density at radius 2 is 2.00 bits per heavy atom. The van der Waals surface area contributed by atoms with E-state index in [1.807, 2.05) is 25.5 Å². The molecule has 8 heteroatoms. The van der Waals surface area contributed by atoms with Crippen molar-refractivity contribution in [3.05, 3.63) is 48.3 Å². The first-order valence-corrected chi connectivity index (χ1v) is 13.3. The highest BCUT2D eigenvalue weighted by molar-refractivity contribution is 6.06. The highest BCUT2D eigenvalue weighted by atomic mass is 16.3. The van der Waals surface area contributed by atoms with Crippen LogP contribution in [0.1, 0.15) is 25.3 Å². The molecule has 8 nitrogen and oxygen atoms in total. The zero-order valence-corrected chi connectivity index (χ0v) is 21.8. The molecule has 7 rings (SSSR count). The van der Waals surface area contributed by atoms with E-state index in [-0.39, 0.29) is 0 Å². The third kappa shape index (κ3) is 3.78. The molecule has 0 saturated carbocycles. The summed E-state index contributed by atoms with van der Waals surface area (Å²) in [6.07, 6.45) is 6.52. The van der Waals surface area contributed by atoms with Gasteiger partial charge < -0.3 is 19.2 Å². The third-order valence-corrected chi connectivity index (χ3v) is 8.43. The number of anilines is 1. The van der Waals surface area contributed by atoms with Crippen molar-refractivity contribution in [3.8, 4) is 11.4 Å². The van der Waals surface area contributed by atoms with Gasteiger partial charge in [0.15, 0.2) is 17.2 Å². The molecule has 5 aromatic rings. The second-order valence-corrected chi connectivity index (χ2v) is 11.1. The summed E-state index contributed by atoms with van der Waals surface area (Å²) in [5.41, 5.74) is 5.90. The number of rotatable bonds is 5. The first-order chi connectivity index (χ1) is 18.0. The maximum Gasteiger partial charge on any atom is 0.229 e. The van der Waals surface area contributed by atoms with Gasteiger partial charge in [-0.1, -0.05) is 12.1 Å². The minimum Gasteiger partial charge on any atom is -0.432 e. The fourth-order valence-electron chi connectivity index (χ4n) is 6.37. The van der Waals surface area contributed by atoms with E-state index in [4.69, 9.17) is 19.4 Å². The average Bonchev–Trinajstić information content (AvgIpc) is 3.69. The van der Waals surface area contributed by atoms with Crippen LogP contribution in [0.4, 0.5) is 5.82 Å². The molecule has 2 fully saturated rings. The molecule has 37 heavy (non-hydrogen) atoms. The van der Waals surface area contributed by atoms with Crippen molar-refractivity contribution < 1.29 is 4.42 Å². The van der Waals surface area contributed by atoms with Gasteiger partial charge in [-0.15, -0.1) is 0 Å². The highest BCUT2D eigenvalue weighted by Gasteiger charge is 2.42. The molecule has 2 aliphatic rings.